The fraction of sp³-hybridized carbons (Fsp3) is 0.278. The number of methoxy groups -OCH3 is 1. The number of esters is 1. The molecule has 0 unspecified atom stereocenters. The predicted molar refractivity (Wildman–Crippen MR) is 90.3 cm³/mol. The second-order valence-corrected chi connectivity index (χ2v) is 5.42. The van der Waals surface area contributed by atoms with Gasteiger partial charge in [0.15, 0.2) is 5.65 Å². The number of imidazole rings is 1. The molecule has 0 amide bonds. The van der Waals surface area contributed by atoms with E-state index >= 15 is 0 Å². The van der Waals surface area contributed by atoms with Gasteiger partial charge in [-0.15, -0.1) is 0 Å². The number of fused-ring (bicyclic) bond motifs is 1. The highest BCUT2D eigenvalue weighted by Gasteiger charge is 2.17. The topological polar surface area (TPSA) is 66.2 Å². The summed E-state index contributed by atoms with van der Waals surface area (Å²) in [6, 6.07) is 9.53. The van der Waals surface area contributed by atoms with Gasteiger partial charge in [0.25, 0.3) is 0 Å². The molecule has 0 bridgehead atoms. The van der Waals surface area contributed by atoms with Crippen LogP contribution in [0.1, 0.15) is 28.5 Å². The van der Waals surface area contributed by atoms with Crippen molar-refractivity contribution in [2.75, 3.05) is 13.7 Å². The predicted octanol–water partition coefficient (Wildman–Crippen LogP) is 2.97. The number of carbonyl (C=O) groups is 1. The summed E-state index contributed by atoms with van der Waals surface area (Å²) in [5, 5.41) is 0. The Hall–Kier alpha value is -2.89. The van der Waals surface area contributed by atoms with Crippen LogP contribution in [-0.2, 0) is 11.3 Å². The van der Waals surface area contributed by atoms with E-state index in [1.165, 1.54) is 0 Å². The van der Waals surface area contributed by atoms with Gasteiger partial charge in [-0.2, -0.15) is 0 Å². The minimum absolute atomic E-state index is 0.328. The Morgan fingerprint density at radius 1 is 1.25 bits per heavy atom. The number of nitrogens with zero attached hydrogens (tertiary/aromatic N) is 3. The summed E-state index contributed by atoms with van der Waals surface area (Å²) < 4.78 is 12.2. The third-order valence-electron chi connectivity index (χ3n) is 3.71. The molecular formula is C18H19N3O3. The number of aromatic nitrogens is 3. The third kappa shape index (κ3) is 3.08. The number of ether oxygens (including phenoxy) is 2. The Balaban J connectivity index is 1.98. The molecule has 0 saturated heterocycles. The Morgan fingerprint density at radius 3 is 2.67 bits per heavy atom. The van der Waals surface area contributed by atoms with Gasteiger partial charge in [0.1, 0.15) is 11.3 Å². The van der Waals surface area contributed by atoms with E-state index in [0.29, 0.717) is 29.9 Å². The number of rotatable bonds is 5. The second kappa shape index (κ2) is 6.70. The molecule has 0 radical (unpaired) electrons. The van der Waals surface area contributed by atoms with Gasteiger partial charge in [-0.1, -0.05) is 12.1 Å². The molecule has 0 aliphatic rings. The molecule has 0 N–H and O–H groups in total. The average Bonchev–Trinajstić information content (AvgIpc) is 2.97. The van der Waals surface area contributed by atoms with E-state index in [-0.39, 0.29) is 5.97 Å². The average molecular weight is 325 g/mol. The maximum Gasteiger partial charge on any atom is 0.340 e. The zero-order valence-corrected chi connectivity index (χ0v) is 13.9. The summed E-state index contributed by atoms with van der Waals surface area (Å²) >= 11 is 0. The molecule has 3 rings (SSSR count). The Morgan fingerprint density at radius 2 is 2.00 bits per heavy atom. The van der Waals surface area contributed by atoms with Gasteiger partial charge in [0, 0.05) is 5.69 Å². The lowest BCUT2D eigenvalue weighted by Crippen LogP contribution is -2.07. The molecule has 2 aromatic heterocycles. The molecule has 124 valence electrons. The molecule has 0 saturated carbocycles. The molecule has 3 aromatic rings. The van der Waals surface area contributed by atoms with Crippen LogP contribution >= 0.6 is 0 Å². The standard InChI is InChI=1S/C18H19N3O3/c1-4-24-18(22)15-9-12(2)20-17-16(15)19-11-21(17)10-13-5-7-14(23-3)8-6-13/h5-9,11H,4,10H2,1-3H3. The van der Waals surface area contributed by atoms with Crippen LogP contribution in [0.4, 0.5) is 0 Å². The van der Waals surface area contributed by atoms with Gasteiger partial charge in [-0.3, -0.25) is 0 Å². The van der Waals surface area contributed by atoms with Crippen LogP contribution in [0.15, 0.2) is 36.7 Å². The van der Waals surface area contributed by atoms with Gasteiger partial charge >= 0.3 is 5.97 Å². The monoisotopic (exact) mass is 325 g/mol. The zero-order valence-electron chi connectivity index (χ0n) is 13.9. The van der Waals surface area contributed by atoms with Gasteiger partial charge < -0.3 is 14.0 Å². The minimum atomic E-state index is -0.373. The normalized spacial score (nSPS) is 10.8. The van der Waals surface area contributed by atoms with E-state index in [1.807, 2.05) is 35.8 Å². The summed E-state index contributed by atoms with van der Waals surface area (Å²) in [7, 11) is 1.64. The van der Waals surface area contributed by atoms with Crippen molar-refractivity contribution in [3.05, 3.63) is 53.5 Å². The first-order valence-electron chi connectivity index (χ1n) is 7.75. The number of carbonyl (C=O) groups excluding carboxylic acids is 1. The lowest BCUT2D eigenvalue weighted by molar-refractivity contribution is 0.0528. The van der Waals surface area contributed by atoms with Gasteiger partial charge in [0.05, 0.1) is 32.2 Å². The summed E-state index contributed by atoms with van der Waals surface area (Å²) in [5.74, 6) is 0.440. The minimum Gasteiger partial charge on any atom is -0.497 e. The molecule has 0 aliphatic heterocycles. The number of pyridine rings is 1. The van der Waals surface area contributed by atoms with Gasteiger partial charge in [-0.05, 0) is 37.6 Å². The highest BCUT2D eigenvalue weighted by atomic mass is 16.5. The first-order valence-corrected chi connectivity index (χ1v) is 7.75. The highest BCUT2D eigenvalue weighted by molar-refractivity contribution is 6.01. The van der Waals surface area contributed by atoms with Crippen molar-refractivity contribution < 1.29 is 14.3 Å². The van der Waals surface area contributed by atoms with E-state index in [2.05, 4.69) is 9.97 Å². The van der Waals surface area contributed by atoms with Crippen molar-refractivity contribution in [1.82, 2.24) is 14.5 Å². The lowest BCUT2D eigenvalue weighted by Gasteiger charge is -2.07. The van der Waals surface area contributed by atoms with Gasteiger partial charge in [-0.25, -0.2) is 14.8 Å². The molecule has 0 spiro atoms. The lowest BCUT2D eigenvalue weighted by atomic mass is 10.2. The molecule has 24 heavy (non-hydrogen) atoms. The first-order chi connectivity index (χ1) is 11.6. The fourth-order valence-corrected chi connectivity index (χ4v) is 2.57. The van der Waals surface area contributed by atoms with E-state index in [1.54, 1.807) is 26.4 Å². The van der Waals surface area contributed by atoms with E-state index < -0.39 is 0 Å². The van der Waals surface area contributed by atoms with Crippen LogP contribution in [-0.4, -0.2) is 34.2 Å². The Bertz CT molecular complexity index is 869. The molecule has 0 fully saturated rings. The quantitative estimate of drug-likeness (QED) is 0.675. The SMILES string of the molecule is CCOC(=O)c1cc(C)nc2c1ncn2Cc1ccc(OC)cc1. The van der Waals surface area contributed by atoms with E-state index in [0.717, 1.165) is 17.0 Å². The number of aryl methyl sites for hydroxylation is 1. The van der Waals surface area contributed by atoms with Crippen molar-refractivity contribution in [3.63, 3.8) is 0 Å². The molecule has 2 heterocycles. The summed E-state index contributed by atoms with van der Waals surface area (Å²) in [6.45, 7) is 4.58. The molecule has 1 aromatic carbocycles. The molecule has 0 aliphatic carbocycles. The van der Waals surface area contributed by atoms with E-state index in [4.69, 9.17) is 9.47 Å². The van der Waals surface area contributed by atoms with Crippen LogP contribution in [0.3, 0.4) is 0 Å². The van der Waals surface area contributed by atoms with Crippen LogP contribution in [0, 0.1) is 6.92 Å². The first kappa shape index (κ1) is 16.0. The summed E-state index contributed by atoms with van der Waals surface area (Å²) in [6.07, 6.45) is 1.70. The van der Waals surface area contributed by atoms with Crippen LogP contribution in [0.25, 0.3) is 11.2 Å². The molecule has 6 heteroatoms. The maximum atomic E-state index is 12.1. The van der Waals surface area contributed by atoms with Crippen molar-refractivity contribution in [3.8, 4) is 5.75 Å². The smallest absolute Gasteiger partial charge is 0.340 e. The van der Waals surface area contributed by atoms with Gasteiger partial charge in [0.2, 0.25) is 0 Å². The largest absolute Gasteiger partial charge is 0.497 e. The number of hydrogen-bond donors (Lipinski definition) is 0. The Kier molecular flexibility index (Phi) is 4.46. The summed E-state index contributed by atoms with van der Waals surface area (Å²) in [4.78, 5) is 21.0. The van der Waals surface area contributed by atoms with Crippen LogP contribution < -0.4 is 4.74 Å². The van der Waals surface area contributed by atoms with Crippen molar-refractivity contribution >= 4 is 17.1 Å². The van der Waals surface area contributed by atoms with Crippen LogP contribution in [0.2, 0.25) is 0 Å². The highest BCUT2D eigenvalue weighted by Crippen LogP contribution is 2.20. The molecule has 0 atom stereocenters. The van der Waals surface area contributed by atoms with E-state index in [9.17, 15) is 4.79 Å². The second-order valence-electron chi connectivity index (χ2n) is 5.42. The molecular weight excluding hydrogens is 306 g/mol. The third-order valence-corrected chi connectivity index (χ3v) is 3.71. The number of hydrogen-bond acceptors (Lipinski definition) is 5. The molecule has 6 nitrogen and oxygen atoms in total. The number of benzene rings is 1. The van der Waals surface area contributed by atoms with Crippen molar-refractivity contribution in [2.45, 2.75) is 20.4 Å². The fourth-order valence-electron chi connectivity index (χ4n) is 2.57. The summed E-state index contributed by atoms with van der Waals surface area (Å²) in [5.41, 5.74) is 3.53. The maximum absolute atomic E-state index is 12.1. The van der Waals surface area contributed by atoms with Crippen LogP contribution in [0.5, 0.6) is 5.75 Å². The Labute approximate surface area is 140 Å². The van der Waals surface area contributed by atoms with Crippen molar-refractivity contribution in [2.24, 2.45) is 0 Å². The van der Waals surface area contributed by atoms with Crippen molar-refractivity contribution in [1.29, 1.82) is 0 Å². The zero-order chi connectivity index (χ0) is 17.1.